The van der Waals surface area contributed by atoms with E-state index in [9.17, 15) is 4.79 Å². The molecule has 104 valence electrons. The molecule has 4 nitrogen and oxygen atoms in total. The fraction of sp³-hybridized carbons (Fsp3) is 0.500. The third-order valence-corrected chi connectivity index (χ3v) is 4.23. The van der Waals surface area contributed by atoms with Crippen molar-refractivity contribution in [3.05, 3.63) is 28.7 Å². The Morgan fingerprint density at radius 1 is 1.37 bits per heavy atom. The summed E-state index contributed by atoms with van der Waals surface area (Å²) in [6.45, 7) is 3.54. The number of amides is 1. The summed E-state index contributed by atoms with van der Waals surface area (Å²) in [5, 5.41) is 3.00. The third-order valence-electron chi connectivity index (χ3n) is 3.54. The zero-order chi connectivity index (χ0) is 13.7. The Labute approximate surface area is 122 Å². The lowest BCUT2D eigenvalue weighted by atomic mass is 9.96. The molecule has 1 amide bonds. The number of nitrogens with one attached hydrogen (secondary N) is 1. The van der Waals surface area contributed by atoms with Gasteiger partial charge in [-0.15, -0.1) is 0 Å². The Balaban J connectivity index is 1.87. The van der Waals surface area contributed by atoms with Gasteiger partial charge in [0, 0.05) is 23.5 Å². The maximum Gasteiger partial charge on any atom is 0.227 e. The molecule has 0 bridgehead atoms. The molecule has 3 N–H and O–H groups in total. The first-order chi connectivity index (χ1) is 9.20. The molecule has 1 heterocycles. The van der Waals surface area contributed by atoms with Gasteiger partial charge in [0.25, 0.3) is 0 Å². The van der Waals surface area contributed by atoms with Gasteiger partial charge in [-0.05, 0) is 54.0 Å². The summed E-state index contributed by atoms with van der Waals surface area (Å²) < 4.78 is 0.920. The molecular weight excluding hydrogens is 306 g/mol. The molecule has 0 spiro atoms. The molecule has 1 aliphatic heterocycles. The zero-order valence-electron chi connectivity index (χ0n) is 10.9. The number of piperidine rings is 1. The minimum atomic E-state index is 0.112. The fourth-order valence-electron chi connectivity index (χ4n) is 2.40. The smallest absolute Gasteiger partial charge is 0.227 e. The second kappa shape index (κ2) is 7.03. The number of halogens is 1. The van der Waals surface area contributed by atoms with Crippen LogP contribution in [0.5, 0.6) is 0 Å². The highest BCUT2D eigenvalue weighted by Crippen LogP contribution is 2.24. The molecule has 1 fully saturated rings. The van der Waals surface area contributed by atoms with Crippen LogP contribution in [0.15, 0.2) is 28.7 Å². The Morgan fingerprint density at radius 2 is 2.05 bits per heavy atom. The summed E-state index contributed by atoms with van der Waals surface area (Å²) in [4.78, 5) is 14.5. The number of carbonyl (C=O) groups excluding carboxylic acids is 1. The molecule has 1 aromatic rings. The molecule has 0 unspecified atom stereocenters. The molecule has 0 aliphatic carbocycles. The van der Waals surface area contributed by atoms with Gasteiger partial charge in [0.2, 0.25) is 5.91 Å². The first-order valence-corrected chi connectivity index (χ1v) is 7.48. The topological polar surface area (TPSA) is 58.4 Å². The van der Waals surface area contributed by atoms with Gasteiger partial charge in [-0.1, -0.05) is 12.1 Å². The van der Waals surface area contributed by atoms with Gasteiger partial charge < -0.3 is 16.0 Å². The predicted molar refractivity (Wildman–Crippen MR) is 81.0 cm³/mol. The second-order valence-corrected chi connectivity index (χ2v) is 5.73. The van der Waals surface area contributed by atoms with E-state index in [1.807, 2.05) is 24.3 Å². The first kappa shape index (κ1) is 14.5. The van der Waals surface area contributed by atoms with Crippen molar-refractivity contribution in [2.24, 2.45) is 11.7 Å². The van der Waals surface area contributed by atoms with Crippen molar-refractivity contribution in [2.45, 2.75) is 12.8 Å². The highest BCUT2D eigenvalue weighted by molar-refractivity contribution is 9.10. The lowest BCUT2D eigenvalue weighted by Crippen LogP contribution is -2.40. The minimum absolute atomic E-state index is 0.112. The number of likely N-dealkylation sites (tertiary alicyclic amines) is 1. The van der Waals surface area contributed by atoms with E-state index < -0.39 is 0 Å². The number of rotatable bonds is 4. The van der Waals surface area contributed by atoms with Crippen LogP contribution in [-0.2, 0) is 4.79 Å². The summed E-state index contributed by atoms with van der Waals surface area (Å²) >= 11 is 3.44. The average Bonchev–Trinajstić information content (AvgIpc) is 2.42. The Morgan fingerprint density at radius 3 is 2.68 bits per heavy atom. The van der Waals surface area contributed by atoms with Crippen LogP contribution in [0.4, 0.5) is 5.69 Å². The van der Waals surface area contributed by atoms with Crippen LogP contribution in [0.3, 0.4) is 0 Å². The van der Waals surface area contributed by atoms with Crippen molar-refractivity contribution in [1.29, 1.82) is 0 Å². The minimum Gasteiger partial charge on any atom is -0.329 e. The molecular formula is C14H20BrN3O. The van der Waals surface area contributed by atoms with E-state index in [2.05, 4.69) is 26.1 Å². The van der Waals surface area contributed by atoms with Crippen LogP contribution in [0.2, 0.25) is 0 Å². The number of para-hydroxylation sites is 1. The van der Waals surface area contributed by atoms with Crippen molar-refractivity contribution in [1.82, 2.24) is 4.90 Å². The van der Waals surface area contributed by atoms with Gasteiger partial charge in [-0.2, -0.15) is 0 Å². The molecule has 1 aromatic carbocycles. The van der Waals surface area contributed by atoms with Crippen molar-refractivity contribution in [2.75, 3.05) is 31.5 Å². The standard InChI is InChI=1S/C14H20BrN3O/c15-12-3-1-2-4-13(12)17-14(19)11-5-8-18(9-6-11)10-7-16/h1-4,11H,5-10,16H2,(H,17,19). The number of nitrogens with zero attached hydrogens (tertiary/aromatic N) is 1. The monoisotopic (exact) mass is 325 g/mol. The average molecular weight is 326 g/mol. The normalized spacial score (nSPS) is 17.4. The van der Waals surface area contributed by atoms with Crippen molar-refractivity contribution >= 4 is 27.5 Å². The maximum absolute atomic E-state index is 12.2. The molecule has 5 heteroatoms. The van der Waals surface area contributed by atoms with Crippen LogP contribution in [0, 0.1) is 5.92 Å². The van der Waals surface area contributed by atoms with E-state index in [-0.39, 0.29) is 11.8 Å². The Bertz CT molecular complexity index is 430. The quantitative estimate of drug-likeness (QED) is 0.890. The molecule has 2 rings (SSSR count). The van der Waals surface area contributed by atoms with Crippen LogP contribution in [0.1, 0.15) is 12.8 Å². The molecule has 1 aliphatic rings. The van der Waals surface area contributed by atoms with Crippen molar-refractivity contribution in [3.63, 3.8) is 0 Å². The lowest BCUT2D eigenvalue weighted by molar-refractivity contribution is -0.121. The summed E-state index contributed by atoms with van der Waals surface area (Å²) in [5.74, 6) is 0.237. The van der Waals surface area contributed by atoms with Gasteiger partial charge in [-0.25, -0.2) is 0 Å². The summed E-state index contributed by atoms with van der Waals surface area (Å²) in [7, 11) is 0. The number of hydrogen-bond donors (Lipinski definition) is 2. The number of carbonyl (C=O) groups is 1. The predicted octanol–water partition coefficient (Wildman–Crippen LogP) is 2.06. The summed E-state index contributed by atoms with van der Waals surface area (Å²) in [5.41, 5.74) is 6.39. The van der Waals surface area contributed by atoms with E-state index in [0.29, 0.717) is 6.54 Å². The fourth-order valence-corrected chi connectivity index (χ4v) is 2.78. The van der Waals surface area contributed by atoms with Crippen LogP contribution in [0.25, 0.3) is 0 Å². The molecule has 1 saturated heterocycles. The number of hydrogen-bond acceptors (Lipinski definition) is 3. The van der Waals surface area contributed by atoms with Crippen molar-refractivity contribution < 1.29 is 4.79 Å². The number of anilines is 1. The summed E-state index contributed by atoms with van der Waals surface area (Å²) in [6, 6.07) is 7.69. The zero-order valence-corrected chi connectivity index (χ0v) is 12.5. The number of benzene rings is 1. The first-order valence-electron chi connectivity index (χ1n) is 6.68. The van der Waals surface area contributed by atoms with E-state index in [0.717, 1.165) is 42.6 Å². The van der Waals surface area contributed by atoms with Gasteiger partial charge >= 0.3 is 0 Å². The highest BCUT2D eigenvalue weighted by Gasteiger charge is 2.24. The van der Waals surface area contributed by atoms with E-state index in [4.69, 9.17) is 5.73 Å². The lowest BCUT2D eigenvalue weighted by Gasteiger charge is -2.30. The Hall–Kier alpha value is -0.910. The molecule has 19 heavy (non-hydrogen) atoms. The van der Waals surface area contributed by atoms with Gasteiger partial charge in [0.05, 0.1) is 5.69 Å². The van der Waals surface area contributed by atoms with Gasteiger partial charge in [0.15, 0.2) is 0 Å². The molecule has 0 atom stereocenters. The molecule has 0 aromatic heterocycles. The SMILES string of the molecule is NCCN1CCC(C(=O)Nc2ccccc2Br)CC1. The van der Waals surface area contributed by atoms with Crippen LogP contribution >= 0.6 is 15.9 Å². The van der Waals surface area contributed by atoms with E-state index in [1.54, 1.807) is 0 Å². The van der Waals surface area contributed by atoms with Crippen LogP contribution < -0.4 is 11.1 Å². The van der Waals surface area contributed by atoms with Gasteiger partial charge in [-0.3, -0.25) is 4.79 Å². The molecule has 0 radical (unpaired) electrons. The maximum atomic E-state index is 12.2. The largest absolute Gasteiger partial charge is 0.329 e. The van der Waals surface area contributed by atoms with E-state index >= 15 is 0 Å². The molecule has 0 saturated carbocycles. The van der Waals surface area contributed by atoms with Crippen LogP contribution in [-0.4, -0.2) is 37.0 Å². The van der Waals surface area contributed by atoms with E-state index in [1.165, 1.54) is 0 Å². The van der Waals surface area contributed by atoms with Gasteiger partial charge in [0.1, 0.15) is 0 Å². The highest BCUT2D eigenvalue weighted by atomic mass is 79.9. The summed E-state index contributed by atoms with van der Waals surface area (Å²) in [6.07, 6.45) is 1.83. The van der Waals surface area contributed by atoms with Crippen molar-refractivity contribution in [3.8, 4) is 0 Å². The number of nitrogens with two attached hydrogens (primary N) is 1. The second-order valence-electron chi connectivity index (χ2n) is 4.87. The Kier molecular flexibility index (Phi) is 5.36. The third kappa shape index (κ3) is 4.03.